The second-order valence-corrected chi connectivity index (χ2v) is 5.61. The SMILES string of the molecule is BC(B)(c1ccc(C)cc1)C(C)(C)C(F)(F)F. The summed E-state index contributed by atoms with van der Waals surface area (Å²) in [5, 5.41) is -0.959. The molecule has 0 radical (unpaired) electrons. The Hall–Kier alpha value is -0.860. The first kappa shape index (κ1) is 14.2. The van der Waals surface area contributed by atoms with E-state index < -0.39 is 16.8 Å². The van der Waals surface area contributed by atoms with Crippen molar-refractivity contribution in [1.29, 1.82) is 0 Å². The van der Waals surface area contributed by atoms with Crippen LogP contribution in [0, 0.1) is 12.3 Å². The van der Waals surface area contributed by atoms with Crippen molar-refractivity contribution in [2.45, 2.75) is 32.2 Å². The van der Waals surface area contributed by atoms with Crippen molar-refractivity contribution >= 4 is 15.7 Å². The van der Waals surface area contributed by atoms with E-state index in [0.717, 1.165) is 5.56 Å². The van der Waals surface area contributed by atoms with Crippen LogP contribution in [0.15, 0.2) is 24.3 Å². The van der Waals surface area contributed by atoms with Gasteiger partial charge >= 0.3 is 6.18 Å². The molecule has 0 amide bonds. The molecule has 0 aliphatic rings. The lowest BCUT2D eigenvalue weighted by Gasteiger charge is -2.43. The summed E-state index contributed by atoms with van der Waals surface area (Å²) >= 11 is 0. The second-order valence-electron chi connectivity index (χ2n) is 5.61. The average molecular weight is 240 g/mol. The molecule has 0 aliphatic heterocycles. The maximum atomic E-state index is 13.1. The summed E-state index contributed by atoms with van der Waals surface area (Å²) in [6, 6.07) is 7.26. The predicted molar refractivity (Wildman–Crippen MR) is 69.8 cm³/mol. The average Bonchev–Trinajstić information content (AvgIpc) is 2.16. The lowest BCUT2D eigenvalue weighted by Crippen LogP contribution is -2.52. The molecule has 0 atom stereocenters. The lowest BCUT2D eigenvalue weighted by atomic mass is 9.40. The van der Waals surface area contributed by atoms with Crippen LogP contribution < -0.4 is 0 Å². The molecule has 0 heterocycles. The number of alkyl halides is 3. The Balaban J connectivity index is 3.23. The van der Waals surface area contributed by atoms with E-state index in [1.165, 1.54) is 13.8 Å². The van der Waals surface area contributed by atoms with E-state index in [1.54, 1.807) is 27.8 Å². The van der Waals surface area contributed by atoms with E-state index in [1.807, 2.05) is 19.1 Å². The number of hydrogen-bond acceptors (Lipinski definition) is 0. The Morgan fingerprint density at radius 1 is 0.941 bits per heavy atom. The Labute approximate surface area is 102 Å². The van der Waals surface area contributed by atoms with Crippen molar-refractivity contribution in [2.75, 3.05) is 0 Å². The molecule has 0 fully saturated rings. The van der Waals surface area contributed by atoms with Gasteiger partial charge in [-0.25, -0.2) is 0 Å². The van der Waals surface area contributed by atoms with Gasteiger partial charge in [0.15, 0.2) is 0 Å². The van der Waals surface area contributed by atoms with Crippen molar-refractivity contribution in [3.63, 3.8) is 0 Å². The van der Waals surface area contributed by atoms with Gasteiger partial charge in [0.05, 0.1) is 5.41 Å². The van der Waals surface area contributed by atoms with Gasteiger partial charge in [0.2, 0.25) is 0 Å². The maximum absolute atomic E-state index is 13.1. The first-order valence-corrected chi connectivity index (χ1v) is 5.64. The second kappa shape index (κ2) is 4.11. The molecular weight excluding hydrogens is 223 g/mol. The molecule has 5 heteroatoms. The van der Waals surface area contributed by atoms with E-state index in [9.17, 15) is 13.2 Å². The molecule has 0 aliphatic carbocycles. The summed E-state index contributed by atoms with van der Waals surface area (Å²) in [6.45, 7) is 4.44. The highest BCUT2D eigenvalue weighted by molar-refractivity contribution is 6.40. The van der Waals surface area contributed by atoms with Gasteiger partial charge in [0.1, 0.15) is 15.7 Å². The molecule has 0 N–H and O–H groups in total. The normalized spacial score (nSPS) is 13.8. The fourth-order valence-corrected chi connectivity index (χ4v) is 1.69. The molecule has 1 aromatic rings. The molecule has 0 nitrogen and oxygen atoms in total. The van der Waals surface area contributed by atoms with Crippen molar-refractivity contribution in [1.82, 2.24) is 0 Å². The minimum Gasteiger partial charge on any atom is -0.171 e. The molecule has 0 bridgehead atoms. The summed E-state index contributed by atoms with van der Waals surface area (Å²) in [7, 11) is 3.29. The third-order valence-corrected chi connectivity index (χ3v) is 4.04. The number of benzene rings is 1. The Bertz CT molecular complexity index is 391. The molecule has 1 aromatic carbocycles. The molecule has 0 spiro atoms. The number of rotatable bonds is 2. The molecule has 0 saturated carbocycles. The van der Waals surface area contributed by atoms with Gasteiger partial charge in [-0.2, -0.15) is 13.2 Å². The first-order chi connectivity index (χ1) is 7.50. The van der Waals surface area contributed by atoms with Crippen molar-refractivity contribution in [2.24, 2.45) is 5.41 Å². The van der Waals surface area contributed by atoms with E-state index in [4.69, 9.17) is 0 Å². The zero-order valence-electron chi connectivity index (χ0n) is 10.9. The third kappa shape index (κ3) is 2.38. The molecule has 1 rings (SSSR count). The summed E-state index contributed by atoms with van der Waals surface area (Å²) in [6.07, 6.45) is -4.22. The van der Waals surface area contributed by atoms with Gasteiger partial charge in [-0.15, -0.1) is 0 Å². The molecule has 92 valence electrons. The highest BCUT2D eigenvalue weighted by Gasteiger charge is 2.56. The van der Waals surface area contributed by atoms with Gasteiger partial charge < -0.3 is 0 Å². The van der Waals surface area contributed by atoms with Crippen LogP contribution in [-0.4, -0.2) is 21.9 Å². The van der Waals surface area contributed by atoms with Gasteiger partial charge in [0.25, 0.3) is 0 Å². The highest BCUT2D eigenvalue weighted by Crippen LogP contribution is 2.48. The van der Waals surface area contributed by atoms with Crippen LogP contribution in [0.5, 0.6) is 0 Å². The molecule has 17 heavy (non-hydrogen) atoms. The van der Waals surface area contributed by atoms with Crippen LogP contribution in [-0.2, 0) is 5.21 Å². The van der Waals surface area contributed by atoms with E-state index in [0.29, 0.717) is 5.56 Å². The number of hydrogen-bond donors (Lipinski definition) is 0. The standard InChI is InChI=1S/C12H17B2F3/c1-8-4-6-9(7-5-8)11(13,14)10(2,3)12(15,16)17/h4-7H,13-14H2,1-3H3. The van der Waals surface area contributed by atoms with E-state index in [2.05, 4.69) is 0 Å². The monoisotopic (exact) mass is 240 g/mol. The van der Waals surface area contributed by atoms with Crippen LogP contribution in [0.25, 0.3) is 0 Å². The fourth-order valence-electron chi connectivity index (χ4n) is 1.69. The number of halogens is 3. The zero-order chi connectivity index (χ0) is 13.5. The molecular formula is C12H17B2F3. The lowest BCUT2D eigenvalue weighted by molar-refractivity contribution is -0.217. The highest BCUT2D eigenvalue weighted by atomic mass is 19.4. The van der Waals surface area contributed by atoms with E-state index >= 15 is 0 Å². The van der Waals surface area contributed by atoms with Gasteiger partial charge in [0, 0.05) is 0 Å². The summed E-state index contributed by atoms with van der Waals surface area (Å²) in [5.74, 6) is 0. The Morgan fingerprint density at radius 2 is 1.35 bits per heavy atom. The van der Waals surface area contributed by atoms with Crippen molar-refractivity contribution in [3.8, 4) is 0 Å². The predicted octanol–water partition coefficient (Wildman–Crippen LogP) is 2.00. The molecule has 0 saturated heterocycles. The summed E-state index contributed by atoms with van der Waals surface area (Å²) in [5.41, 5.74) is -0.00490. The maximum Gasteiger partial charge on any atom is 0.393 e. The minimum atomic E-state index is -4.22. The van der Waals surface area contributed by atoms with Crippen LogP contribution in [0.3, 0.4) is 0 Å². The number of aryl methyl sites for hydroxylation is 1. The molecule has 0 aromatic heterocycles. The van der Waals surface area contributed by atoms with Gasteiger partial charge in [-0.05, 0) is 12.1 Å². The Morgan fingerprint density at radius 3 is 1.71 bits per heavy atom. The Kier molecular flexibility index (Phi) is 3.43. The quantitative estimate of drug-likeness (QED) is 0.693. The first-order valence-electron chi connectivity index (χ1n) is 5.64. The molecule has 0 unspecified atom stereocenters. The van der Waals surface area contributed by atoms with E-state index in [-0.39, 0.29) is 0 Å². The van der Waals surface area contributed by atoms with Gasteiger partial charge in [-0.3, -0.25) is 0 Å². The zero-order valence-corrected chi connectivity index (χ0v) is 10.9. The van der Waals surface area contributed by atoms with Crippen LogP contribution in [0.2, 0.25) is 0 Å². The van der Waals surface area contributed by atoms with Crippen LogP contribution in [0.1, 0.15) is 25.0 Å². The van der Waals surface area contributed by atoms with Crippen LogP contribution >= 0.6 is 0 Å². The van der Waals surface area contributed by atoms with Crippen molar-refractivity contribution < 1.29 is 13.2 Å². The fraction of sp³-hybridized carbons (Fsp3) is 0.500. The topological polar surface area (TPSA) is 0 Å². The largest absolute Gasteiger partial charge is 0.393 e. The third-order valence-electron chi connectivity index (χ3n) is 4.04. The minimum absolute atomic E-state index is 0.713. The smallest absolute Gasteiger partial charge is 0.171 e. The van der Waals surface area contributed by atoms with Crippen molar-refractivity contribution in [3.05, 3.63) is 35.4 Å². The summed E-state index contributed by atoms with van der Waals surface area (Å²) < 4.78 is 39.3. The summed E-state index contributed by atoms with van der Waals surface area (Å²) in [4.78, 5) is 0. The van der Waals surface area contributed by atoms with Crippen LogP contribution in [0.4, 0.5) is 13.2 Å². The van der Waals surface area contributed by atoms with Gasteiger partial charge in [-0.1, -0.05) is 49.2 Å².